The zero-order valence-electron chi connectivity index (χ0n) is 18.3. The highest BCUT2D eigenvalue weighted by Gasteiger charge is 2.12. The monoisotopic (exact) mass is 468 g/mol. The summed E-state index contributed by atoms with van der Waals surface area (Å²) in [5.41, 5.74) is 1.80. The van der Waals surface area contributed by atoms with Crippen LogP contribution >= 0.6 is 11.3 Å². The largest absolute Gasteiger partial charge is 0.493 e. The molecule has 0 unspecified atom stereocenters. The summed E-state index contributed by atoms with van der Waals surface area (Å²) in [4.78, 5) is 36.8. The Labute approximate surface area is 195 Å². The van der Waals surface area contributed by atoms with Crippen LogP contribution in [0.5, 0.6) is 11.5 Å². The van der Waals surface area contributed by atoms with Gasteiger partial charge in [0.1, 0.15) is 0 Å². The number of nitrogens with one attached hydrogen (secondary N) is 2. The van der Waals surface area contributed by atoms with E-state index in [-0.39, 0.29) is 18.1 Å². The van der Waals surface area contributed by atoms with Crippen LogP contribution in [0.25, 0.3) is 0 Å². The number of thiophene rings is 1. The molecule has 0 aliphatic carbocycles. The molecule has 1 aromatic heterocycles. The van der Waals surface area contributed by atoms with Crippen LogP contribution in [0, 0.1) is 0 Å². The molecule has 33 heavy (non-hydrogen) atoms. The maximum Gasteiger partial charge on any atom is 0.338 e. The lowest BCUT2D eigenvalue weighted by Crippen LogP contribution is -2.30. The average Bonchev–Trinajstić information content (AvgIpc) is 3.38. The van der Waals surface area contributed by atoms with E-state index in [2.05, 4.69) is 10.6 Å². The first kappa shape index (κ1) is 23.8. The van der Waals surface area contributed by atoms with Crippen molar-refractivity contribution in [2.45, 2.75) is 6.42 Å². The summed E-state index contributed by atoms with van der Waals surface area (Å²) in [7, 11) is 3.13. The molecule has 0 fully saturated rings. The van der Waals surface area contributed by atoms with Crippen LogP contribution in [0.1, 0.15) is 25.6 Å². The smallest absolute Gasteiger partial charge is 0.338 e. The van der Waals surface area contributed by atoms with Crippen LogP contribution in [0.3, 0.4) is 0 Å². The van der Waals surface area contributed by atoms with E-state index in [0.717, 1.165) is 5.56 Å². The van der Waals surface area contributed by atoms with Crippen LogP contribution in [0.15, 0.2) is 60.0 Å². The van der Waals surface area contributed by atoms with Crippen LogP contribution in [0.4, 0.5) is 5.69 Å². The minimum Gasteiger partial charge on any atom is -0.493 e. The molecule has 1 heterocycles. The van der Waals surface area contributed by atoms with Crippen LogP contribution in [-0.4, -0.2) is 45.2 Å². The zero-order valence-corrected chi connectivity index (χ0v) is 19.1. The number of ether oxygens (including phenoxy) is 3. The van der Waals surface area contributed by atoms with Crippen molar-refractivity contribution < 1.29 is 28.6 Å². The minimum atomic E-state index is -0.624. The fourth-order valence-electron chi connectivity index (χ4n) is 2.94. The van der Waals surface area contributed by atoms with Gasteiger partial charge in [0.05, 0.1) is 24.7 Å². The summed E-state index contributed by atoms with van der Waals surface area (Å²) >= 11 is 1.34. The first-order valence-corrected chi connectivity index (χ1v) is 11.0. The van der Waals surface area contributed by atoms with Crippen molar-refractivity contribution >= 4 is 34.8 Å². The summed E-state index contributed by atoms with van der Waals surface area (Å²) in [5.74, 6) is 0.0115. The Kier molecular flexibility index (Phi) is 8.43. The molecule has 0 radical (unpaired) electrons. The van der Waals surface area contributed by atoms with E-state index in [0.29, 0.717) is 35.0 Å². The number of methoxy groups -OCH3 is 2. The number of rotatable bonds is 10. The molecule has 2 aromatic carbocycles. The standard InChI is InChI=1S/C24H24N2O6S/c1-30-19-10-5-16(14-20(19)31-2)11-12-25-22(27)15-32-24(29)17-6-8-18(9-7-17)26-23(28)21-4-3-13-33-21/h3-10,13-14H,11-12,15H2,1-2H3,(H,25,27)(H,26,28). The summed E-state index contributed by atoms with van der Waals surface area (Å²) in [6.45, 7) is -0.00780. The molecule has 3 aromatic rings. The third kappa shape index (κ3) is 6.81. The van der Waals surface area contributed by atoms with Gasteiger partial charge in [-0.25, -0.2) is 4.79 Å². The van der Waals surface area contributed by atoms with E-state index in [1.165, 1.54) is 23.5 Å². The molecule has 0 aliphatic rings. The summed E-state index contributed by atoms with van der Waals surface area (Å²) < 4.78 is 15.5. The van der Waals surface area contributed by atoms with Crippen molar-refractivity contribution in [3.8, 4) is 11.5 Å². The molecular weight excluding hydrogens is 444 g/mol. The third-order valence-electron chi connectivity index (χ3n) is 4.64. The highest BCUT2D eigenvalue weighted by atomic mass is 32.1. The fraction of sp³-hybridized carbons (Fsp3) is 0.208. The number of amides is 2. The molecule has 0 saturated heterocycles. The van der Waals surface area contributed by atoms with Crippen molar-refractivity contribution in [2.24, 2.45) is 0 Å². The van der Waals surface area contributed by atoms with Gasteiger partial charge in [-0.05, 0) is 59.8 Å². The SMILES string of the molecule is COc1ccc(CCNC(=O)COC(=O)c2ccc(NC(=O)c3cccs3)cc2)cc1OC. The molecule has 2 amide bonds. The van der Waals surface area contributed by atoms with Crippen molar-refractivity contribution in [3.05, 3.63) is 76.0 Å². The van der Waals surface area contributed by atoms with Gasteiger partial charge in [0.25, 0.3) is 11.8 Å². The number of hydrogen-bond acceptors (Lipinski definition) is 7. The summed E-state index contributed by atoms with van der Waals surface area (Å²) in [5, 5.41) is 7.28. The molecular formula is C24H24N2O6S. The Balaban J connectivity index is 1.41. The highest BCUT2D eigenvalue weighted by Crippen LogP contribution is 2.27. The number of hydrogen-bond donors (Lipinski definition) is 2. The molecule has 0 spiro atoms. The zero-order chi connectivity index (χ0) is 23.6. The molecule has 0 atom stereocenters. The van der Waals surface area contributed by atoms with Gasteiger partial charge in [-0.15, -0.1) is 11.3 Å². The molecule has 0 bridgehead atoms. The molecule has 172 valence electrons. The molecule has 8 nitrogen and oxygen atoms in total. The fourth-order valence-corrected chi connectivity index (χ4v) is 3.56. The molecule has 2 N–H and O–H groups in total. The van der Waals surface area contributed by atoms with Crippen molar-refractivity contribution in [2.75, 3.05) is 32.7 Å². The Morgan fingerprint density at radius 3 is 2.36 bits per heavy atom. The van der Waals surface area contributed by atoms with E-state index in [4.69, 9.17) is 14.2 Å². The predicted molar refractivity (Wildman–Crippen MR) is 125 cm³/mol. The molecule has 3 rings (SSSR count). The number of benzene rings is 2. The van der Waals surface area contributed by atoms with Gasteiger partial charge in [-0.2, -0.15) is 0 Å². The van der Waals surface area contributed by atoms with Crippen LogP contribution in [0.2, 0.25) is 0 Å². The second-order valence-corrected chi connectivity index (χ2v) is 7.82. The number of carbonyl (C=O) groups is 3. The van der Waals surface area contributed by atoms with Gasteiger partial charge >= 0.3 is 5.97 Å². The van der Waals surface area contributed by atoms with Gasteiger partial charge in [0.2, 0.25) is 0 Å². The normalized spacial score (nSPS) is 10.2. The Morgan fingerprint density at radius 2 is 1.70 bits per heavy atom. The second-order valence-electron chi connectivity index (χ2n) is 6.87. The van der Waals surface area contributed by atoms with E-state index >= 15 is 0 Å². The van der Waals surface area contributed by atoms with Gasteiger partial charge in [0.15, 0.2) is 18.1 Å². The lowest BCUT2D eigenvalue weighted by atomic mass is 10.1. The second kappa shape index (κ2) is 11.7. The average molecular weight is 469 g/mol. The number of esters is 1. The van der Waals surface area contributed by atoms with Crippen LogP contribution < -0.4 is 20.1 Å². The minimum absolute atomic E-state index is 0.218. The Hall–Kier alpha value is -3.85. The Bertz CT molecular complexity index is 1100. The highest BCUT2D eigenvalue weighted by molar-refractivity contribution is 7.12. The lowest BCUT2D eigenvalue weighted by molar-refractivity contribution is -0.124. The van der Waals surface area contributed by atoms with Gasteiger partial charge < -0.3 is 24.8 Å². The molecule has 0 saturated carbocycles. The van der Waals surface area contributed by atoms with E-state index in [9.17, 15) is 14.4 Å². The van der Waals surface area contributed by atoms with Gasteiger partial charge in [0, 0.05) is 12.2 Å². The molecule has 9 heteroatoms. The van der Waals surface area contributed by atoms with Crippen molar-refractivity contribution in [1.29, 1.82) is 0 Å². The third-order valence-corrected chi connectivity index (χ3v) is 5.51. The van der Waals surface area contributed by atoms with Crippen molar-refractivity contribution in [3.63, 3.8) is 0 Å². The van der Waals surface area contributed by atoms with E-state index in [1.807, 2.05) is 17.5 Å². The first-order chi connectivity index (χ1) is 16.0. The summed E-state index contributed by atoms with van der Waals surface area (Å²) in [6.07, 6.45) is 0.582. The Morgan fingerprint density at radius 1 is 0.939 bits per heavy atom. The topological polar surface area (TPSA) is 103 Å². The number of carbonyl (C=O) groups excluding carboxylic acids is 3. The quantitative estimate of drug-likeness (QED) is 0.441. The van der Waals surface area contributed by atoms with Gasteiger partial charge in [-0.3, -0.25) is 9.59 Å². The summed E-state index contributed by atoms with van der Waals surface area (Å²) in [6, 6.07) is 15.3. The van der Waals surface area contributed by atoms with Crippen LogP contribution in [-0.2, 0) is 16.0 Å². The maximum atomic E-state index is 12.2. The predicted octanol–water partition coefficient (Wildman–Crippen LogP) is 3.53. The van der Waals surface area contributed by atoms with Crippen molar-refractivity contribution in [1.82, 2.24) is 5.32 Å². The van der Waals surface area contributed by atoms with E-state index in [1.54, 1.807) is 44.6 Å². The maximum absolute atomic E-state index is 12.2. The number of anilines is 1. The lowest BCUT2D eigenvalue weighted by Gasteiger charge is -2.10. The van der Waals surface area contributed by atoms with E-state index < -0.39 is 11.9 Å². The van der Waals surface area contributed by atoms with Gasteiger partial charge in [-0.1, -0.05) is 12.1 Å². The first-order valence-electron chi connectivity index (χ1n) is 10.1. The molecule has 0 aliphatic heterocycles.